The van der Waals surface area contributed by atoms with E-state index >= 15 is 0 Å². The predicted molar refractivity (Wildman–Crippen MR) is 121 cm³/mol. The Hall–Kier alpha value is -2.15. The van der Waals surface area contributed by atoms with Crippen LogP contribution in [-0.2, 0) is 4.79 Å². The molecule has 0 saturated carbocycles. The molecule has 6 nitrogen and oxygen atoms in total. The average Bonchev–Trinajstić information content (AvgIpc) is 3.10. The standard InChI is InChI=1S/C21H21Cl3N4O2/c22-15-2-1-3-17(12-15)28-11-10-27(21(28)30)14-20(29)26-8-6-25(7-9-26)16-4-5-18(23)19(24)13-16/h1-5,12-13H,6-11,14H2. The number of hydrogen-bond donors (Lipinski definition) is 0. The van der Waals surface area contributed by atoms with E-state index in [4.69, 9.17) is 34.8 Å². The summed E-state index contributed by atoms with van der Waals surface area (Å²) in [5.41, 5.74) is 1.74. The molecule has 9 heteroatoms. The van der Waals surface area contributed by atoms with E-state index in [0.717, 1.165) is 11.4 Å². The maximum Gasteiger partial charge on any atom is 0.325 e. The van der Waals surface area contributed by atoms with E-state index in [1.54, 1.807) is 28.0 Å². The molecule has 158 valence electrons. The van der Waals surface area contributed by atoms with Crippen molar-refractivity contribution in [2.75, 3.05) is 55.6 Å². The quantitative estimate of drug-likeness (QED) is 0.676. The number of amides is 3. The number of carbonyl (C=O) groups is 2. The molecule has 0 spiro atoms. The van der Waals surface area contributed by atoms with E-state index in [0.29, 0.717) is 54.3 Å². The number of carbonyl (C=O) groups excluding carboxylic acids is 2. The molecule has 2 fully saturated rings. The summed E-state index contributed by atoms with van der Waals surface area (Å²) in [5.74, 6) is -0.0370. The van der Waals surface area contributed by atoms with Gasteiger partial charge in [-0.3, -0.25) is 9.69 Å². The second-order valence-electron chi connectivity index (χ2n) is 7.30. The number of halogens is 3. The van der Waals surface area contributed by atoms with Gasteiger partial charge in [0.15, 0.2) is 0 Å². The highest BCUT2D eigenvalue weighted by Crippen LogP contribution is 2.28. The first-order chi connectivity index (χ1) is 14.4. The van der Waals surface area contributed by atoms with Crippen LogP contribution in [0.3, 0.4) is 0 Å². The monoisotopic (exact) mass is 466 g/mol. The lowest BCUT2D eigenvalue weighted by atomic mass is 10.2. The second kappa shape index (κ2) is 8.92. The number of nitrogens with zero attached hydrogens (tertiary/aromatic N) is 4. The van der Waals surface area contributed by atoms with E-state index in [2.05, 4.69) is 4.90 Å². The van der Waals surface area contributed by atoms with Gasteiger partial charge in [-0.2, -0.15) is 0 Å². The van der Waals surface area contributed by atoms with Crippen molar-refractivity contribution in [3.05, 3.63) is 57.5 Å². The van der Waals surface area contributed by atoms with Gasteiger partial charge in [0.05, 0.1) is 10.0 Å². The molecule has 2 saturated heterocycles. The average molecular weight is 468 g/mol. The first kappa shape index (κ1) is 21.1. The maximum atomic E-state index is 12.8. The molecule has 2 aromatic rings. The van der Waals surface area contributed by atoms with Crippen molar-refractivity contribution in [3.8, 4) is 0 Å². The van der Waals surface area contributed by atoms with Crippen LogP contribution in [0.5, 0.6) is 0 Å². The third-order valence-electron chi connectivity index (χ3n) is 5.44. The van der Waals surface area contributed by atoms with Crippen LogP contribution < -0.4 is 9.80 Å². The SMILES string of the molecule is O=C(CN1CCN(c2cccc(Cl)c2)C1=O)N1CCN(c2ccc(Cl)c(Cl)c2)CC1. The number of urea groups is 1. The van der Waals surface area contributed by atoms with Crippen molar-refractivity contribution in [1.82, 2.24) is 9.80 Å². The molecule has 2 aromatic carbocycles. The lowest BCUT2D eigenvalue weighted by molar-refractivity contribution is -0.131. The molecule has 0 N–H and O–H groups in total. The first-order valence-electron chi connectivity index (χ1n) is 9.72. The van der Waals surface area contributed by atoms with E-state index in [9.17, 15) is 9.59 Å². The van der Waals surface area contributed by atoms with Crippen LogP contribution in [0, 0.1) is 0 Å². The maximum absolute atomic E-state index is 12.8. The number of anilines is 2. The normalized spacial score (nSPS) is 17.1. The number of rotatable bonds is 4. The van der Waals surface area contributed by atoms with Crippen molar-refractivity contribution in [2.24, 2.45) is 0 Å². The zero-order valence-electron chi connectivity index (χ0n) is 16.2. The van der Waals surface area contributed by atoms with Crippen LogP contribution in [0.2, 0.25) is 15.1 Å². The molecule has 0 bridgehead atoms. The molecular weight excluding hydrogens is 447 g/mol. The minimum atomic E-state index is -0.167. The van der Waals surface area contributed by atoms with Crippen molar-refractivity contribution < 1.29 is 9.59 Å². The predicted octanol–water partition coefficient (Wildman–Crippen LogP) is 4.24. The smallest absolute Gasteiger partial charge is 0.325 e. The van der Waals surface area contributed by atoms with Gasteiger partial charge < -0.3 is 14.7 Å². The molecule has 2 heterocycles. The van der Waals surface area contributed by atoms with Crippen LogP contribution >= 0.6 is 34.8 Å². The summed E-state index contributed by atoms with van der Waals surface area (Å²) < 4.78 is 0. The summed E-state index contributed by atoms with van der Waals surface area (Å²) in [7, 11) is 0. The number of benzene rings is 2. The largest absolute Gasteiger partial charge is 0.368 e. The van der Waals surface area contributed by atoms with Crippen molar-refractivity contribution >= 4 is 58.1 Å². The van der Waals surface area contributed by atoms with Crippen LogP contribution in [-0.4, -0.2) is 67.6 Å². The van der Waals surface area contributed by atoms with Gasteiger partial charge in [-0.05, 0) is 36.4 Å². The summed E-state index contributed by atoms with van der Waals surface area (Å²) >= 11 is 18.1. The Balaban J connectivity index is 1.32. The highest BCUT2D eigenvalue weighted by molar-refractivity contribution is 6.42. The highest BCUT2D eigenvalue weighted by Gasteiger charge is 2.32. The number of hydrogen-bond acceptors (Lipinski definition) is 3. The van der Waals surface area contributed by atoms with Crippen LogP contribution in [0.25, 0.3) is 0 Å². The topological polar surface area (TPSA) is 47.1 Å². The minimum absolute atomic E-state index is 0.0370. The fourth-order valence-corrected chi connectivity index (χ4v) is 4.25. The molecule has 0 aliphatic carbocycles. The Morgan fingerprint density at radius 2 is 1.60 bits per heavy atom. The lowest BCUT2D eigenvalue weighted by Crippen LogP contribution is -2.51. The summed E-state index contributed by atoms with van der Waals surface area (Å²) in [5, 5.41) is 1.62. The Morgan fingerprint density at radius 1 is 0.833 bits per heavy atom. The van der Waals surface area contributed by atoms with Gasteiger partial charge in [-0.25, -0.2) is 4.79 Å². The summed E-state index contributed by atoms with van der Waals surface area (Å²) in [6, 6.07) is 12.6. The zero-order chi connectivity index (χ0) is 21.3. The second-order valence-corrected chi connectivity index (χ2v) is 8.55. The van der Waals surface area contributed by atoms with E-state index in [1.165, 1.54) is 0 Å². The van der Waals surface area contributed by atoms with Gasteiger partial charge in [0.1, 0.15) is 6.54 Å². The molecule has 30 heavy (non-hydrogen) atoms. The Morgan fingerprint density at radius 3 is 2.30 bits per heavy atom. The summed E-state index contributed by atoms with van der Waals surface area (Å²) in [6.45, 7) is 3.73. The Labute approximate surface area is 190 Å². The minimum Gasteiger partial charge on any atom is -0.368 e. The van der Waals surface area contributed by atoms with Gasteiger partial charge >= 0.3 is 6.03 Å². The third kappa shape index (κ3) is 4.46. The van der Waals surface area contributed by atoms with E-state index < -0.39 is 0 Å². The Kier molecular flexibility index (Phi) is 6.27. The van der Waals surface area contributed by atoms with Crippen LogP contribution in [0.15, 0.2) is 42.5 Å². The van der Waals surface area contributed by atoms with Crippen LogP contribution in [0.1, 0.15) is 0 Å². The molecule has 0 radical (unpaired) electrons. The van der Waals surface area contributed by atoms with Crippen molar-refractivity contribution in [3.63, 3.8) is 0 Å². The lowest BCUT2D eigenvalue weighted by Gasteiger charge is -2.36. The molecule has 0 atom stereocenters. The molecular formula is C21H21Cl3N4O2. The van der Waals surface area contributed by atoms with Gasteiger partial charge in [-0.15, -0.1) is 0 Å². The molecule has 3 amide bonds. The molecule has 0 unspecified atom stereocenters. The van der Waals surface area contributed by atoms with Crippen LogP contribution in [0.4, 0.5) is 16.2 Å². The van der Waals surface area contributed by atoms with Crippen molar-refractivity contribution in [2.45, 2.75) is 0 Å². The van der Waals surface area contributed by atoms with Gasteiger partial charge in [0.2, 0.25) is 5.91 Å². The fourth-order valence-electron chi connectivity index (χ4n) is 3.77. The third-order valence-corrected chi connectivity index (χ3v) is 6.42. The molecule has 2 aliphatic rings. The van der Waals surface area contributed by atoms with Gasteiger partial charge in [0.25, 0.3) is 0 Å². The van der Waals surface area contributed by atoms with E-state index in [1.807, 2.05) is 29.2 Å². The molecule has 4 rings (SSSR count). The number of piperazine rings is 1. The summed E-state index contributed by atoms with van der Waals surface area (Å²) in [4.78, 5) is 32.7. The highest BCUT2D eigenvalue weighted by atomic mass is 35.5. The zero-order valence-corrected chi connectivity index (χ0v) is 18.5. The van der Waals surface area contributed by atoms with Gasteiger partial charge in [0, 0.05) is 55.7 Å². The van der Waals surface area contributed by atoms with Crippen molar-refractivity contribution in [1.29, 1.82) is 0 Å². The van der Waals surface area contributed by atoms with Gasteiger partial charge in [-0.1, -0.05) is 40.9 Å². The molecule has 2 aliphatic heterocycles. The van der Waals surface area contributed by atoms with E-state index in [-0.39, 0.29) is 18.5 Å². The summed E-state index contributed by atoms with van der Waals surface area (Å²) in [6.07, 6.45) is 0. The Bertz CT molecular complexity index is 963. The first-order valence-corrected chi connectivity index (χ1v) is 10.9. The fraction of sp³-hybridized carbons (Fsp3) is 0.333. The molecule has 0 aromatic heterocycles.